The first-order chi connectivity index (χ1) is 6.11. The van der Waals surface area contributed by atoms with E-state index in [0.717, 1.165) is 0 Å². The Morgan fingerprint density at radius 1 is 0.923 bits per heavy atom. The van der Waals surface area contributed by atoms with Crippen LogP contribution in [0.3, 0.4) is 0 Å². The molecule has 0 bridgehead atoms. The Morgan fingerprint density at radius 2 is 1.54 bits per heavy atom. The van der Waals surface area contributed by atoms with E-state index in [1.54, 1.807) is 0 Å². The number of aliphatic hydroxyl groups excluding tert-OH is 4. The molecule has 2 heterocycles. The van der Waals surface area contributed by atoms with Crippen LogP contribution in [-0.2, 0) is 0 Å². The van der Waals surface area contributed by atoms with Gasteiger partial charge in [0, 0.05) is 13.1 Å². The van der Waals surface area contributed by atoms with Crippen molar-refractivity contribution in [2.24, 2.45) is 0 Å². The Hall–Kier alpha value is -0.200. The summed E-state index contributed by atoms with van der Waals surface area (Å²) in [7, 11) is 0. The van der Waals surface area contributed by atoms with Gasteiger partial charge in [0.15, 0.2) is 0 Å². The van der Waals surface area contributed by atoms with Crippen LogP contribution in [0.5, 0.6) is 0 Å². The lowest BCUT2D eigenvalue weighted by molar-refractivity contribution is -0.0907. The predicted molar refractivity (Wildman–Crippen MR) is 44.0 cm³/mol. The number of nitrogens with zero attached hydrogens (tertiary/aromatic N) is 1. The van der Waals surface area contributed by atoms with Crippen molar-refractivity contribution in [3.05, 3.63) is 0 Å². The normalized spacial score (nSPS) is 52.2. The summed E-state index contributed by atoms with van der Waals surface area (Å²) < 4.78 is 0. The minimum atomic E-state index is -0.944. The fourth-order valence-electron chi connectivity index (χ4n) is 2.27. The second kappa shape index (κ2) is 3.18. The van der Waals surface area contributed by atoms with Gasteiger partial charge in [-0.15, -0.1) is 0 Å². The molecule has 0 aromatic rings. The molecule has 0 aliphatic carbocycles. The first kappa shape index (κ1) is 9.36. The molecule has 5 nitrogen and oxygen atoms in total. The van der Waals surface area contributed by atoms with Crippen molar-refractivity contribution in [2.45, 2.75) is 36.9 Å². The van der Waals surface area contributed by atoms with Gasteiger partial charge in [-0.3, -0.25) is 4.90 Å². The van der Waals surface area contributed by atoms with Gasteiger partial charge in [0.05, 0.1) is 30.5 Å². The maximum absolute atomic E-state index is 9.57. The summed E-state index contributed by atoms with van der Waals surface area (Å²) in [6.07, 6.45) is -2.96. The Bertz CT molecular complexity index is 199. The van der Waals surface area contributed by atoms with Crippen molar-refractivity contribution < 1.29 is 20.4 Å². The van der Waals surface area contributed by atoms with Crippen molar-refractivity contribution in [2.75, 3.05) is 13.1 Å². The fourth-order valence-corrected chi connectivity index (χ4v) is 2.27. The van der Waals surface area contributed by atoms with Crippen LogP contribution in [-0.4, -0.2) is 68.9 Å². The molecule has 0 aromatic heterocycles. The summed E-state index contributed by atoms with van der Waals surface area (Å²) in [4.78, 5) is 1.83. The van der Waals surface area contributed by atoms with Gasteiger partial charge in [-0.25, -0.2) is 0 Å². The van der Waals surface area contributed by atoms with E-state index in [1.807, 2.05) is 4.90 Å². The Morgan fingerprint density at radius 3 is 2.23 bits per heavy atom. The van der Waals surface area contributed by atoms with Gasteiger partial charge in [0.25, 0.3) is 0 Å². The zero-order valence-electron chi connectivity index (χ0n) is 7.24. The summed E-state index contributed by atoms with van der Waals surface area (Å²) >= 11 is 0. The van der Waals surface area contributed by atoms with Crippen LogP contribution in [0.15, 0.2) is 0 Å². The molecular formula is C8H15NO4. The fraction of sp³-hybridized carbons (Fsp3) is 1.00. The quantitative estimate of drug-likeness (QED) is 0.339. The highest BCUT2D eigenvalue weighted by atomic mass is 16.4. The van der Waals surface area contributed by atoms with Gasteiger partial charge < -0.3 is 20.4 Å². The molecule has 2 fully saturated rings. The van der Waals surface area contributed by atoms with Gasteiger partial charge >= 0.3 is 0 Å². The van der Waals surface area contributed by atoms with Crippen molar-refractivity contribution in [1.82, 2.24) is 4.90 Å². The number of piperidine rings is 1. The molecular weight excluding hydrogens is 174 g/mol. The molecule has 0 amide bonds. The SMILES string of the molecule is O[C@@H]1[C@@H]2[C@H](O)[C@@H](O)CN2CC[C@@H]1O. The molecule has 0 saturated carbocycles. The van der Waals surface area contributed by atoms with Crippen LogP contribution in [0.2, 0.25) is 0 Å². The summed E-state index contributed by atoms with van der Waals surface area (Å²) in [6.45, 7) is 1.01. The zero-order chi connectivity index (χ0) is 9.59. The molecule has 0 spiro atoms. The average Bonchev–Trinajstić information content (AvgIpc) is 2.37. The molecule has 2 saturated heterocycles. The van der Waals surface area contributed by atoms with E-state index in [4.69, 9.17) is 0 Å². The number of rotatable bonds is 0. The van der Waals surface area contributed by atoms with E-state index < -0.39 is 30.5 Å². The lowest BCUT2D eigenvalue weighted by Crippen LogP contribution is -2.55. The maximum Gasteiger partial charge on any atom is 0.0992 e. The first-order valence-electron chi connectivity index (χ1n) is 4.57. The number of fused-ring (bicyclic) bond motifs is 1. The van der Waals surface area contributed by atoms with Crippen molar-refractivity contribution in [1.29, 1.82) is 0 Å². The van der Waals surface area contributed by atoms with Crippen molar-refractivity contribution in [3.8, 4) is 0 Å². The largest absolute Gasteiger partial charge is 0.390 e. The molecule has 4 N–H and O–H groups in total. The van der Waals surface area contributed by atoms with Gasteiger partial charge in [0.2, 0.25) is 0 Å². The van der Waals surface area contributed by atoms with E-state index >= 15 is 0 Å². The Kier molecular flexibility index (Phi) is 2.29. The Labute approximate surface area is 76.2 Å². The van der Waals surface area contributed by atoms with E-state index in [2.05, 4.69) is 0 Å². The highest BCUT2D eigenvalue weighted by molar-refractivity contribution is 5.02. The van der Waals surface area contributed by atoms with Crippen LogP contribution in [0.4, 0.5) is 0 Å². The number of aliphatic hydroxyl groups is 4. The van der Waals surface area contributed by atoms with Gasteiger partial charge in [-0.1, -0.05) is 0 Å². The smallest absolute Gasteiger partial charge is 0.0992 e. The Balaban J connectivity index is 2.14. The zero-order valence-corrected chi connectivity index (χ0v) is 7.24. The van der Waals surface area contributed by atoms with Gasteiger partial charge in [-0.05, 0) is 6.42 Å². The third kappa shape index (κ3) is 1.37. The summed E-state index contributed by atoms with van der Waals surface area (Å²) in [5.41, 5.74) is 0. The second-order valence-electron chi connectivity index (χ2n) is 3.89. The molecule has 5 heteroatoms. The highest BCUT2D eigenvalue weighted by Gasteiger charge is 2.48. The van der Waals surface area contributed by atoms with Crippen molar-refractivity contribution in [3.63, 3.8) is 0 Å². The van der Waals surface area contributed by atoms with Gasteiger partial charge in [0.1, 0.15) is 0 Å². The minimum absolute atomic E-state index is 0.385. The molecule has 2 rings (SSSR count). The van der Waals surface area contributed by atoms with E-state index in [9.17, 15) is 20.4 Å². The molecule has 2 aliphatic heterocycles. The summed E-state index contributed by atoms with van der Waals surface area (Å²) in [5.74, 6) is 0. The summed E-state index contributed by atoms with van der Waals surface area (Å²) in [6, 6.07) is -0.501. The van der Waals surface area contributed by atoms with Crippen LogP contribution in [0.25, 0.3) is 0 Å². The van der Waals surface area contributed by atoms with E-state index in [1.165, 1.54) is 0 Å². The van der Waals surface area contributed by atoms with Crippen LogP contribution in [0, 0.1) is 0 Å². The maximum atomic E-state index is 9.57. The van der Waals surface area contributed by atoms with Crippen LogP contribution in [0.1, 0.15) is 6.42 Å². The lowest BCUT2D eigenvalue weighted by atomic mass is 9.94. The van der Waals surface area contributed by atoms with E-state index in [-0.39, 0.29) is 0 Å². The molecule has 0 unspecified atom stereocenters. The second-order valence-corrected chi connectivity index (χ2v) is 3.89. The molecule has 5 atom stereocenters. The average molecular weight is 189 g/mol. The molecule has 76 valence electrons. The first-order valence-corrected chi connectivity index (χ1v) is 4.57. The highest BCUT2D eigenvalue weighted by Crippen LogP contribution is 2.27. The summed E-state index contributed by atoms with van der Waals surface area (Å²) in [5, 5.41) is 37.8. The monoisotopic (exact) mass is 189 g/mol. The molecule has 0 aromatic carbocycles. The van der Waals surface area contributed by atoms with Crippen molar-refractivity contribution >= 4 is 0 Å². The third-order valence-electron chi connectivity index (χ3n) is 3.04. The molecule has 0 radical (unpaired) electrons. The number of hydrogen-bond donors (Lipinski definition) is 4. The van der Waals surface area contributed by atoms with Crippen LogP contribution >= 0.6 is 0 Å². The third-order valence-corrected chi connectivity index (χ3v) is 3.04. The minimum Gasteiger partial charge on any atom is -0.390 e. The number of hydrogen-bond acceptors (Lipinski definition) is 5. The molecule has 2 aliphatic rings. The lowest BCUT2D eigenvalue weighted by Gasteiger charge is -2.37. The van der Waals surface area contributed by atoms with Crippen LogP contribution < -0.4 is 0 Å². The van der Waals surface area contributed by atoms with Gasteiger partial charge in [-0.2, -0.15) is 0 Å². The van der Waals surface area contributed by atoms with E-state index in [0.29, 0.717) is 19.5 Å². The predicted octanol–water partition coefficient (Wildman–Crippen LogP) is -2.48. The standard InChI is InChI=1S/C8H15NO4/c10-4-1-2-9-3-5(11)8(13)6(9)7(4)12/h4-8,10-13H,1-3H2/t4-,5-,6+,7-,8+/m0/s1. The molecule has 13 heavy (non-hydrogen) atoms. The topological polar surface area (TPSA) is 84.2 Å².